The number of ether oxygens (including phenoxy) is 1. The van der Waals surface area contributed by atoms with Crippen molar-refractivity contribution in [3.05, 3.63) is 34.9 Å². The molecule has 2 rings (SSSR count). The van der Waals surface area contributed by atoms with Crippen LogP contribution in [0.2, 0.25) is 0 Å². The van der Waals surface area contributed by atoms with Crippen molar-refractivity contribution in [2.75, 3.05) is 13.2 Å². The van der Waals surface area contributed by atoms with E-state index in [-0.39, 0.29) is 6.04 Å². The summed E-state index contributed by atoms with van der Waals surface area (Å²) < 4.78 is 5.63. The van der Waals surface area contributed by atoms with Crippen molar-refractivity contribution in [2.24, 2.45) is 11.7 Å². The van der Waals surface area contributed by atoms with E-state index in [1.165, 1.54) is 29.5 Å². The van der Waals surface area contributed by atoms with E-state index in [4.69, 9.17) is 10.5 Å². The molecule has 1 saturated carbocycles. The third-order valence-corrected chi connectivity index (χ3v) is 3.17. The second-order valence-corrected chi connectivity index (χ2v) is 4.95. The number of benzene rings is 1. The number of rotatable bonds is 5. The molecular weight excluding hydrogens is 198 g/mol. The van der Waals surface area contributed by atoms with Gasteiger partial charge in [0.2, 0.25) is 0 Å². The van der Waals surface area contributed by atoms with E-state index in [9.17, 15) is 0 Å². The molecular formula is C14H21NO. The summed E-state index contributed by atoms with van der Waals surface area (Å²) in [6.07, 6.45) is 2.66. The topological polar surface area (TPSA) is 35.2 Å². The second kappa shape index (κ2) is 4.98. The zero-order valence-corrected chi connectivity index (χ0v) is 10.2. The van der Waals surface area contributed by atoms with Gasteiger partial charge in [0.15, 0.2) is 0 Å². The highest BCUT2D eigenvalue weighted by Gasteiger charge is 2.21. The molecule has 2 nitrogen and oxygen atoms in total. The minimum absolute atomic E-state index is 0.0133. The number of nitrogens with two attached hydrogens (primary N) is 1. The molecule has 0 spiro atoms. The predicted octanol–water partition coefficient (Wildman–Crippen LogP) is 2.73. The third kappa shape index (κ3) is 3.06. The third-order valence-electron chi connectivity index (χ3n) is 3.17. The maximum Gasteiger partial charge on any atom is 0.0659 e. The highest BCUT2D eigenvalue weighted by atomic mass is 16.5. The fraction of sp³-hybridized carbons (Fsp3) is 0.571. The van der Waals surface area contributed by atoms with Gasteiger partial charge in [-0.25, -0.2) is 0 Å². The van der Waals surface area contributed by atoms with Gasteiger partial charge in [-0.1, -0.05) is 23.8 Å². The molecule has 2 N–H and O–H groups in total. The Bertz CT molecular complexity index is 358. The smallest absolute Gasteiger partial charge is 0.0659 e. The lowest BCUT2D eigenvalue weighted by atomic mass is 10.0. The Hall–Kier alpha value is -0.860. The Labute approximate surface area is 97.8 Å². The molecule has 0 heterocycles. The molecule has 16 heavy (non-hydrogen) atoms. The number of aryl methyl sites for hydroxylation is 2. The number of hydrogen-bond acceptors (Lipinski definition) is 2. The normalized spacial score (nSPS) is 17.4. The fourth-order valence-corrected chi connectivity index (χ4v) is 1.98. The van der Waals surface area contributed by atoms with Gasteiger partial charge in [0.05, 0.1) is 12.6 Å². The van der Waals surface area contributed by atoms with Crippen molar-refractivity contribution in [1.29, 1.82) is 0 Å². The average molecular weight is 219 g/mol. The summed E-state index contributed by atoms with van der Waals surface area (Å²) in [5.41, 5.74) is 9.89. The van der Waals surface area contributed by atoms with Crippen LogP contribution in [0.4, 0.5) is 0 Å². The van der Waals surface area contributed by atoms with Crippen molar-refractivity contribution in [2.45, 2.75) is 32.7 Å². The lowest BCUT2D eigenvalue weighted by Crippen LogP contribution is -2.19. The van der Waals surface area contributed by atoms with Gasteiger partial charge in [-0.05, 0) is 43.7 Å². The van der Waals surface area contributed by atoms with Gasteiger partial charge in [0, 0.05) is 6.61 Å². The van der Waals surface area contributed by atoms with E-state index in [1.807, 2.05) is 0 Å². The molecule has 0 amide bonds. The molecule has 1 aromatic rings. The lowest BCUT2D eigenvalue weighted by molar-refractivity contribution is 0.112. The Balaban J connectivity index is 1.88. The van der Waals surface area contributed by atoms with Gasteiger partial charge in [-0.15, -0.1) is 0 Å². The standard InChI is InChI=1S/C14H21NO/c1-10-3-6-13(11(2)7-10)14(15)9-16-8-12-4-5-12/h3,6-7,12,14H,4-5,8-9,15H2,1-2H3. The summed E-state index contributed by atoms with van der Waals surface area (Å²) in [6.45, 7) is 5.74. The summed E-state index contributed by atoms with van der Waals surface area (Å²) in [6, 6.07) is 6.42. The van der Waals surface area contributed by atoms with Crippen LogP contribution in [0.25, 0.3) is 0 Å². The summed E-state index contributed by atoms with van der Waals surface area (Å²) in [5, 5.41) is 0. The van der Waals surface area contributed by atoms with Gasteiger partial charge in [0.25, 0.3) is 0 Å². The van der Waals surface area contributed by atoms with Gasteiger partial charge in [-0.2, -0.15) is 0 Å². The van der Waals surface area contributed by atoms with Crippen LogP contribution in [-0.4, -0.2) is 13.2 Å². The molecule has 1 aliphatic carbocycles. The molecule has 1 unspecified atom stereocenters. The summed E-state index contributed by atoms with van der Waals surface area (Å²) in [5.74, 6) is 0.811. The summed E-state index contributed by atoms with van der Waals surface area (Å²) >= 11 is 0. The Kier molecular flexibility index (Phi) is 3.62. The van der Waals surface area contributed by atoms with Gasteiger partial charge in [0.1, 0.15) is 0 Å². The molecule has 1 fully saturated rings. The van der Waals surface area contributed by atoms with Crippen molar-refractivity contribution in [3.63, 3.8) is 0 Å². The van der Waals surface area contributed by atoms with Crippen LogP contribution in [0.5, 0.6) is 0 Å². The van der Waals surface area contributed by atoms with Crippen molar-refractivity contribution >= 4 is 0 Å². The first-order chi connectivity index (χ1) is 7.66. The highest BCUT2D eigenvalue weighted by molar-refractivity contribution is 5.32. The van der Waals surface area contributed by atoms with E-state index >= 15 is 0 Å². The molecule has 1 aromatic carbocycles. The number of hydrogen-bond donors (Lipinski definition) is 1. The van der Waals surface area contributed by atoms with Gasteiger partial charge >= 0.3 is 0 Å². The second-order valence-electron chi connectivity index (χ2n) is 4.95. The Morgan fingerprint density at radius 3 is 2.75 bits per heavy atom. The van der Waals surface area contributed by atoms with Crippen molar-refractivity contribution in [1.82, 2.24) is 0 Å². The minimum atomic E-state index is 0.0133. The molecule has 1 atom stereocenters. The molecule has 0 radical (unpaired) electrons. The highest BCUT2D eigenvalue weighted by Crippen LogP contribution is 2.29. The largest absolute Gasteiger partial charge is 0.379 e. The zero-order valence-electron chi connectivity index (χ0n) is 10.2. The molecule has 0 bridgehead atoms. The van der Waals surface area contributed by atoms with Crippen LogP contribution in [0.3, 0.4) is 0 Å². The fourth-order valence-electron chi connectivity index (χ4n) is 1.98. The van der Waals surface area contributed by atoms with Crippen LogP contribution in [0.15, 0.2) is 18.2 Å². The first-order valence-corrected chi connectivity index (χ1v) is 6.07. The van der Waals surface area contributed by atoms with Crippen LogP contribution in [-0.2, 0) is 4.74 Å². The van der Waals surface area contributed by atoms with Crippen molar-refractivity contribution in [3.8, 4) is 0 Å². The molecule has 0 aliphatic heterocycles. The lowest BCUT2D eigenvalue weighted by Gasteiger charge is -2.15. The Morgan fingerprint density at radius 1 is 1.38 bits per heavy atom. The average Bonchev–Trinajstić information content (AvgIpc) is 3.01. The summed E-state index contributed by atoms with van der Waals surface area (Å²) in [4.78, 5) is 0. The molecule has 0 aromatic heterocycles. The van der Waals surface area contributed by atoms with Gasteiger partial charge in [-0.3, -0.25) is 0 Å². The maximum atomic E-state index is 6.13. The van der Waals surface area contributed by atoms with Crippen LogP contribution >= 0.6 is 0 Å². The SMILES string of the molecule is Cc1ccc(C(N)COCC2CC2)c(C)c1. The molecule has 2 heteroatoms. The van der Waals surface area contributed by atoms with Crippen LogP contribution in [0, 0.1) is 19.8 Å². The van der Waals surface area contributed by atoms with E-state index in [1.54, 1.807) is 0 Å². The van der Waals surface area contributed by atoms with E-state index in [0.29, 0.717) is 6.61 Å². The van der Waals surface area contributed by atoms with Gasteiger partial charge < -0.3 is 10.5 Å². The molecule has 88 valence electrons. The van der Waals surface area contributed by atoms with Crippen LogP contribution < -0.4 is 5.73 Å². The summed E-state index contributed by atoms with van der Waals surface area (Å²) in [7, 11) is 0. The van der Waals surface area contributed by atoms with E-state index < -0.39 is 0 Å². The monoisotopic (exact) mass is 219 g/mol. The quantitative estimate of drug-likeness (QED) is 0.826. The van der Waals surface area contributed by atoms with Crippen molar-refractivity contribution < 1.29 is 4.74 Å². The Morgan fingerprint density at radius 2 is 2.12 bits per heavy atom. The first kappa shape index (κ1) is 11.6. The van der Waals surface area contributed by atoms with E-state index in [0.717, 1.165) is 12.5 Å². The van der Waals surface area contributed by atoms with E-state index in [2.05, 4.69) is 32.0 Å². The first-order valence-electron chi connectivity index (χ1n) is 6.07. The van der Waals surface area contributed by atoms with Crippen LogP contribution in [0.1, 0.15) is 35.6 Å². The predicted molar refractivity (Wildman–Crippen MR) is 66.4 cm³/mol. The minimum Gasteiger partial charge on any atom is -0.379 e. The molecule has 0 saturated heterocycles. The zero-order chi connectivity index (χ0) is 11.5. The maximum absolute atomic E-state index is 6.13. The molecule has 1 aliphatic rings.